The molecule has 0 unspecified atom stereocenters. The van der Waals surface area contributed by atoms with Gasteiger partial charge in [0.15, 0.2) is 11.6 Å². The molecule has 0 spiro atoms. The summed E-state index contributed by atoms with van der Waals surface area (Å²) in [4.78, 5) is 45.7. The fourth-order valence-corrected chi connectivity index (χ4v) is 4.90. The van der Waals surface area contributed by atoms with Gasteiger partial charge >= 0.3 is 0 Å². The molecule has 3 amide bonds. The molecule has 3 aromatic rings. The number of rotatable bonds is 5. The highest BCUT2D eigenvalue weighted by atomic mass is 16.5. The van der Waals surface area contributed by atoms with Gasteiger partial charge in [0.25, 0.3) is 0 Å². The molecule has 4 rings (SSSR count). The average Bonchev–Trinajstić information content (AvgIpc) is 3.49. The van der Waals surface area contributed by atoms with E-state index in [0.29, 0.717) is 50.5 Å². The molecule has 40 heavy (non-hydrogen) atoms. The minimum Gasteiger partial charge on any atom is -0.361 e. The Bertz CT molecular complexity index is 1310. The van der Waals surface area contributed by atoms with E-state index in [2.05, 4.69) is 15.8 Å². The molecule has 214 valence electrons. The molecule has 0 radical (unpaired) electrons. The molecule has 1 aliphatic rings. The topological polar surface area (TPSA) is 135 Å². The third-order valence-corrected chi connectivity index (χ3v) is 7.28. The Kier molecular flexibility index (Phi) is 9.34. The molecule has 3 heterocycles. The number of nitrogens with zero attached hydrogens (tertiary/aromatic N) is 5. The lowest BCUT2D eigenvalue weighted by atomic mass is 10.0. The third-order valence-electron chi connectivity index (χ3n) is 7.28. The van der Waals surface area contributed by atoms with Gasteiger partial charge in [0, 0.05) is 37.1 Å². The predicted molar refractivity (Wildman–Crippen MR) is 149 cm³/mol. The van der Waals surface area contributed by atoms with Crippen LogP contribution in [0.25, 0.3) is 11.4 Å². The van der Waals surface area contributed by atoms with Crippen LogP contribution >= 0.6 is 0 Å². The van der Waals surface area contributed by atoms with Crippen molar-refractivity contribution in [1.29, 1.82) is 0 Å². The Morgan fingerprint density at radius 3 is 2.52 bits per heavy atom. The van der Waals surface area contributed by atoms with Gasteiger partial charge in [-0.3, -0.25) is 14.4 Å². The van der Waals surface area contributed by atoms with Crippen molar-refractivity contribution >= 4 is 17.7 Å². The zero-order valence-corrected chi connectivity index (χ0v) is 23.9. The second kappa shape index (κ2) is 12.9. The third kappa shape index (κ3) is 6.94. The molecule has 11 nitrogen and oxygen atoms in total. The van der Waals surface area contributed by atoms with E-state index < -0.39 is 12.1 Å². The van der Waals surface area contributed by atoms with E-state index in [0.717, 1.165) is 22.6 Å². The SMILES string of the molecule is Cc1noc(C)c1CCC(=O)N1CCCC(=O)N[C@H](C)C(=O)N[C@@H](C(C)C)c2nc(-c3ccccc3)nn2CC1. The van der Waals surface area contributed by atoms with Gasteiger partial charge < -0.3 is 20.1 Å². The lowest BCUT2D eigenvalue weighted by molar-refractivity contribution is -0.132. The van der Waals surface area contributed by atoms with E-state index in [9.17, 15) is 14.4 Å². The highest BCUT2D eigenvalue weighted by Gasteiger charge is 2.29. The summed E-state index contributed by atoms with van der Waals surface area (Å²) < 4.78 is 7.06. The number of hydrogen-bond donors (Lipinski definition) is 2. The Morgan fingerprint density at radius 1 is 1.10 bits per heavy atom. The predicted octanol–water partition coefficient (Wildman–Crippen LogP) is 3.12. The summed E-state index contributed by atoms with van der Waals surface area (Å²) in [5, 5.41) is 14.7. The van der Waals surface area contributed by atoms with E-state index in [4.69, 9.17) is 14.6 Å². The van der Waals surface area contributed by atoms with E-state index in [1.54, 1.807) is 16.5 Å². The largest absolute Gasteiger partial charge is 0.361 e. The number of aromatic nitrogens is 4. The van der Waals surface area contributed by atoms with Crippen LogP contribution < -0.4 is 10.6 Å². The van der Waals surface area contributed by atoms with Gasteiger partial charge in [-0.15, -0.1) is 0 Å². The first-order valence-corrected chi connectivity index (χ1v) is 13.9. The van der Waals surface area contributed by atoms with Crippen LogP contribution in [0.5, 0.6) is 0 Å². The molecule has 2 aromatic heterocycles. The van der Waals surface area contributed by atoms with Crippen molar-refractivity contribution in [2.45, 2.75) is 78.9 Å². The van der Waals surface area contributed by atoms with Crippen LogP contribution in [0.15, 0.2) is 34.9 Å². The Balaban J connectivity index is 1.64. The molecule has 0 aliphatic carbocycles. The van der Waals surface area contributed by atoms with Crippen molar-refractivity contribution in [3.8, 4) is 11.4 Å². The fraction of sp³-hybridized carbons (Fsp3) is 0.517. The normalized spacial score (nSPS) is 19.1. The number of carbonyl (C=O) groups is 3. The average molecular weight is 550 g/mol. The van der Waals surface area contributed by atoms with Gasteiger partial charge in [-0.05, 0) is 39.5 Å². The van der Waals surface area contributed by atoms with Gasteiger partial charge in [0.1, 0.15) is 11.8 Å². The molecule has 11 heteroatoms. The summed E-state index contributed by atoms with van der Waals surface area (Å²) in [5.41, 5.74) is 2.60. The van der Waals surface area contributed by atoms with Crippen LogP contribution in [0.2, 0.25) is 0 Å². The second-order valence-electron chi connectivity index (χ2n) is 10.7. The maximum atomic E-state index is 13.4. The van der Waals surface area contributed by atoms with Crippen molar-refractivity contribution < 1.29 is 18.9 Å². The number of nitrogens with one attached hydrogen (secondary N) is 2. The highest BCUT2D eigenvalue weighted by molar-refractivity contribution is 5.87. The first kappa shape index (κ1) is 29.0. The maximum Gasteiger partial charge on any atom is 0.242 e. The molecule has 1 aromatic carbocycles. The van der Waals surface area contributed by atoms with Gasteiger partial charge in [0.05, 0.1) is 18.3 Å². The molecular formula is C29H39N7O4. The number of hydrogen-bond acceptors (Lipinski definition) is 7. The van der Waals surface area contributed by atoms with E-state index in [1.807, 2.05) is 58.0 Å². The summed E-state index contributed by atoms with van der Waals surface area (Å²) in [6, 6.07) is 8.52. The summed E-state index contributed by atoms with van der Waals surface area (Å²) >= 11 is 0. The molecule has 0 saturated heterocycles. The van der Waals surface area contributed by atoms with E-state index >= 15 is 0 Å². The number of fused-ring (bicyclic) bond motifs is 1. The smallest absolute Gasteiger partial charge is 0.242 e. The Morgan fingerprint density at radius 2 is 1.85 bits per heavy atom. The Hall–Kier alpha value is -4.02. The van der Waals surface area contributed by atoms with Crippen LogP contribution in [0, 0.1) is 19.8 Å². The minimum absolute atomic E-state index is 0.000820. The zero-order chi connectivity index (χ0) is 28.8. The fourth-order valence-electron chi connectivity index (χ4n) is 4.90. The standard InChI is InChI=1S/C29H39N7O4/c1-18(2)26-28-32-27(22-10-7-6-8-11-22)33-36(28)17-16-35(15-9-12-24(37)30-20(4)29(39)31-26)25(38)14-13-23-19(3)34-40-21(23)5/h6-8,10-11,18,20,26H,9,12-17H2,1-5H3,(H,30,37)(H,31,39)/t20-,26+/m1/s1. The van der Waals surface area contributed by atoms with Crippen LogP contribution in [-0.2, 0) is 27.3 Å². The van der Waals surface area contributed by atoms with Gasteiger partial charge in [-0.25, -0.2) is 9.67 Å². The zero-order valence-electron chi connectivity index (χ0n) is 23.9. The van der Waals surface area contributed by atoms with Gasteiger partial charge in [0.2, 0.25) is 17.7 Å². The number of carbonyl (C=O) groups excluding carboxylic acids is 3. The van der Waals surface area contributed by atoms with Crippen LogP contribution in [-0.4, -0.2) is 61.7 Å². The van der Waals surface area contributed by atoms with Crippen LogP contribution in [0.1, 0.15) is 68.9 Å². The van der Waals surface area contributed by atoms with Gasteiger partial charge in [-0.1, -0.05) is 49.3 Å². The second-order valence-corrected chi connectivity index (χ2v) is 10.7. The molecule has 2 N–H and O–H groups in total. The van der Waals surface area contributed by atoms with E-state index in [1.165, 1.54) is 0 Å². The maximum absolute atomic E-state index is 13.4. The Labute approximate surface area is 234 Å². The van der Waals surface area contributed by atoms with Crippen molar-refractivity contribution in [3.63, 3.8) is 0 Å². The molecular weight excluding hydrogens is 510 g/mol. The summed E-state index contributed by atoms with van der Waals surface area (Å²) in [6.07, 6.45) is 1.52. The molecule has 1 aliphatic heterocycles. The highest BCUT2D eigenvalue weighted by Crippen LogP contribution is 2.24. The molecule has 0 saturated carbocycles. The number of aryl methyl sites for hydroxylation is 2. The summed E-state index contributed by atoms with van der Waals surface area (Å²) in [5.74, 6) is 1.37. The molecule has 2 atom stereocenters. The van der Waals surface area contributed by atoms with Crippen LogP contribution in [0.3, 0.4) is 0 Å². The first-order valence-electron chi connectivity index (χ1n) is 13.9. The summed E-state index contributed by atoms with van der Waals surface area (Å²) in [7, 11) is 0. The summed E-state index contributed by atoms with van der Waals surface area (Å²) in [6.45, 7) is 10.6. The number of benzene rings is 1. The van der Waals surface area contributed by atoms with Gasteiger partial charge in [-0.2, -0.15) is 5.10 Å². The monoisotopic (exact) mass is 549 g/mol. The number of amides is 3. The lowest BCUT2D eigenvalue weighted by Crippen LogP contribution is -2.47. The van der Waals surface area contributed by atoms with Crippen molar-refractivity contribution in [2.75, 3.05) is 13.1 Å². The lowest BCUT2D eigenvalue weighted by Gasteiger charge is -2.27. The molecule has 0 fully saturated rings. The first-order chi connectivity index (χ1) is 19.1. The van der Waals surface area contributed by atoms with Crippen molar-refractivity contribution in [1.82, 2.24) is 35.5 Å². The minimum atomic E-state index is -0.713. The van der Waals surface area contributed by atoms with Crippen molar-refractivity contribution in [3.05, 3.63) is 53.2 Å². The van der Waals surface area contributed by atoms with Crippen molar-refractivity contribution in [2.24, 2.45) is 5.92 Å². The molecule has 0 bridgehead atoms. The van der Waals surface area contributed by atoms with Crippen LogP contribution in [0.4, 0.5) is 0 Å². The van der Waals surface area contributed by atoms with E-state index in [-0.39, 0.29) is 30.1 Å². The quantitative estimate of drug-likeness (QED) is 0.499.